The largest absolute Gasteiger partial charge is 0.0683 e. The van der Waals surface area contributed by atoms with Crippen LogP contribution in [0, 0.1) is 53.3 Å². The van der Waals surface area contributed by atoms with Crippen LogP contribution in [-0.4, -0.2) is 0 Å². The van der Waals surface area contributed by atoms with Gasteiger partial charge in [0.15, 0.2) is 0 Å². The molecule has 0 bridgehead atoms. The van der Waals surface area contributed by atoms with Gasteiger partial charge < -0.3 is 0 Å². The minimum atomic E-state index is 0.908. The van der Waals surface area contributed by atoms with Crippen molar-refractivity contribution in [1.82, 2.24) is 0 Å². The van der Waals surface area contributed by atoms with Crippen LogP contribution < -0.4 is 0 Å². The Balaban J connectivity index is -0.000000377. The van der Waals surface area contributed by atoms with Crippen LogP contribution in [0.4, 0.5) is 0 Å². The molecular weight excluding hydrogens is 348 g/mol. The van der Waals surface area contributed by atoms with E-state index in [9.17, 15) is 0 Å². The molecule has 0 aliphatic heterocycles. The van der Waals surface area contributed by atoms with Gasteiger partial charge >= 0.3 is 0 Å². The molecule has 2 fully saturated rings. The van der Waals surface area contributed by atoms with Crippen LogP contribution in [0.15, 0.2) is 0 Å². The maximum atomic E-state index is 2.47. The standard InChI is InChI=1S/C13H26.C10H20.3C2H6/c1-6-10(3)11(4)12(5)13-7-9(2)8-13;1-5-7(2)10-6-8(3)9(10)4;3*1-2/h9-13H,6-8H2,1-5H3;7-10H,5-6H2,1-4H3;3*1-2H3. The van der Waals surface area contributed by atoms with Crippen LogP contribution in [0.3, 0.4) is 0 Å². The highest BCUT2D eigenvalue weighted by Gasteiger charge is 2.36. The predicted octanol–water partition coefficient (Wildman–Crippen LogP) is 10.8. The van der Waals surface area contributed by atoms with E-state index in [0.717, 1.165) is 53.3 Å². The third kappa shape index (κ3) is 11.8. The van der Waals surface area contributed by atoms with Gasteiger partial charge in [-0.15, -0.1) is 0 Å². The van der Waals surface area contributed by atoms with E-state index in [1.807, 2.05) is 41.5 Å². The Kier molecular flexibility index (Phi) is 23.1. The average molecular weight is 413 g/mol. The van der Waals surface area contributed by atoms with Gasteiger partial charge in [0.2, 0.25) is 0 Å². The summed E-state index contributed by atoms with van der Waals surface area (Å²) in [5.41, 5.74) is 0. The zero-order chi connectivity index (χ0) is 23.7. The van der Waals surface area contributed by atoms with E-state index in [-0.39, 0.29) is 0 Å². The van der Waals surface area contributed by atoms with Crippen molar-refractivity contribution in [2.24, 2.45) is 53.3 Å². The molecular formula is C29H64. The molecule has 0 nitrogen and oxygen atoms in total. The summed E-state index contributed by atoms with van der Waals surface area (Å²) in [6.07, 6.45) is 7.16. The third-order valence-corrected chi connectivity index (χ3v) is 8.12. The van der Waals surface area contributed by atoms with Gasteiger partial charge in [0.1, 0.15) is 0 Å². The fraction of sp³-hybridized carbons (Fsp3) is 1.00. The molecule has 2 saturated carbocycles. The molecule has 180 valence electrons. The molecule has 29 heavy (non-hydrogen) atoms. The molecule has 0 spiro atoms. The second-order valence-electron chi connectivity index (χ2n) is 9.56. The Bertz CT molecular complexity index is 310. The molecule has 0 aromatic carbocycles. The fourth-order valence-electron chi connectivity index (χ4n) is 4.85. The molecule has 0 radical (unpaired) electrons. The summed E-state index contributed by atoms with van der Waals surface area (Å²) in [6, 6.07) is 0. The van der Waals surface area contributed by atoms with E-state index in [1.165, 1.54) is 32.1 Å². The maximum absolute atomic E-state index is 2.47. The SMILES string of the molecule is CC.CC.CC.CCC(C)C(C)C(C)C1CC(C)C1.CCC(C)C1CC(C)C1C. The van der Waals surface area contributed by atoms with Crippen LogP contribution in [0.2, 0.25) is 0 Å². The summed E-state index contributed by atoms with van der Waals surface area (Å²) in [5, 5.41) is 0. The van der Waals surface area contributed by atoms with Crippen molar-refractivity contribution in [2.45, 2.75) is 136 Å². The van der Waals surface area contributed by atoms with E-state index < -0.39 is 0 Å². The second-order valence-corrected chi connectivity index (χ2v) is 9.56. The Hall–Kier alpha value is 0. The first kappa shape index (κ1) is 33.6. The van der Waals surface area contributed by atoms with Crippen molar-refractivity contribution >= 4 is 0 Å². The van der Waals surface area contributed by atoms with E-state index in [1.54, 1.807) is 0 Å². The molecule has 7 unspecified atom stereocenters. The second kappa shape index (κ2) is 19.9. The van der Waals surface area contributed by atoms with Crippen molar-refractivity contribution in [3.63, 3.8) is 0 Å². The molecule has 0 heterocycles. The summed E-state index contributed by atoms with van der Waals surface area (Å²) >= 11 is 0. The van der Waals surface area contributed by atoms with Crippen molar-refractivity contribution in [1.29, 1.82) is 0 Å². The van der Waals surface area contributed by atoms with Crippen LogP contribution in [0.25, 0.3) is 0 Å². The Morgan fingerprint density at radius 3 is 1.41 bits per heavy atom. The Morgan fingerprint density at radius 2 is 1.14 bits per heavy atom. The van der Waals surface area contributed by atoms with Gasteiger partial charge in [-0.3, -0.25) is 0 Å². The number of hydrogen-bond donors (Lipinski definition) is 0. The smallest absolute Gasteiger partial charge is 0.0358 e. The van der Waals surface area contributed by atoms with E-state index in [4.69, 9.17) is 0 Å². The topological polar surface area (TPSA) is 0 Å². The van der Waals surface area contributed by atoms with Gasteiger partial charge in [-0.1, -0.05) is 117 Å². The lowest BCUT2D eigenvalue weighted by Crippen LogP contribution is -2.36. The quantitative estimate of drug-likeness (QED) is 0.407. The molecule has 0 aromatic rings. The molecule has 0 amide bonds. The molecule has 7 atom stereocenters. The van der Waals surface area contributed by atoms with Gasteiger partial charge in [0.25, 0.3) is 0 Å². The lowest BCUT2D eigenvalue weighted by molar-refractivity contribution is 0.0537. The van der Waals surface area contributed by atoms with Crippen molar-refractivity contribution < 1.29 is 0 Å². The first-order valence-electron chi connectivity index (χ1n) is 13.7. The molecule has 2 rings (SSSR count). The fourth-order valence-corrected chi connectivity index (χ4v) is 4.85. The average Bonchev–Trinajstić information content (AvgIpc) is 2.77. The lowest BCUT2D eigenvalue weighted by Gasteiger charge is -2.44. The van der Waals surface area contributed by atoms with E-state index in [0.29, 0.717) is 0 Å². The summed E-state index contributed by atoms with van der Waals surface area (Å²) in [7, 11) is 0. The molecule has 0 aromatic heterocycles. The highest BCUT2D eigenvalue weighted by Crippen LogP contribution is 2.45. The Morgan fingerprint density at radius 1 is 0.690 bits per heavy atom. The number of rotatable bonds is 6. The van der Waals surface area contributed by atoms with Gasteiger partial charge in [-0.2, -0.15) is 0 Å². The first-order valence-corrected chi connectivity index (χ1v) is 13.7. The zero-order valence-electron chi connectivity index (χ0n) is 23.7. The molecule has 0 saturated heterocycles. The van der Waals surface area contributed by atoms with Crippen molar-refractivity contribution in [3.8, 4) is 0 Å². The summed E-state index contributed by atoms with van der Waals surface area (Å²) < 4.78 is 0. The number of hydrogen-bond acceptors (Lipinski definition) is 0. The van der Waals surface area contributed by atoms with E-state index in [2.05, 4.69) is 62.3 Å². The summed E-state index contributed by atoms with van der Waals surface area (Å²) in [6.45, 7) is 33.5. The molecule has 2 aliphatic carbocycles. The van der Waals surface area contributed by atoms with Gasteiger partial charge in [0, 0.05) is 0 Å². The van der Waals surface area contributed by atoms with Crippen LogP contribution in [-0.2, 0) is 0 Å². The normalized spacial score (nSPS) is 30.9. The lowest BCUT2D eigenvalue weighted by atomic mass is 9.61. The highest BCUT2D eigenvalue weighted by atomic mass is 14.4. The monoisotopic (exact) mass is 413 g/mol. The molecule has 0 N–H and O–H groups in total. The maximum Gasteiger partial charge on any atom is -0.0358 e. The van der Waals surface area contributed by atoms with Crippen molar-refractivity contribution in [2.75, 3.05) is 0 Å². The first-order chi connectivity index (χ1) is 13.7. The zero-order valence-corrected chi connectivity index (χ0v) is 23.7. The molecule has 0 heteroatoms. The van der Waals surface area contributed by atoms with Crippen LogP contribution in [0.5, 0.6) is 0 Å². The van der Waals surface area contributed by atoms with E-state index >= 15 is 0 Å². The van der Waals surface area contributed by atoms with Gasteiger partial charge in [0.05, 0.1) is 0 Å². The van der Waals surface area contributed by atoms with Gasteiger partial charge in [-0.05, 0) is 72.5 Å². The van der Waals surface area contributed by atoms with Crippen molar-refractivity contribution in [3.05, 3.63) is 0 Å². The summed E-state index contributed by atoms with van der Waals surface area (Å²) in [4.78, 5) is 0. The summed E-state index contributed by atoms with van der Waals surface area (Å²) in [5.74, 6) is 8.83. The van der Waals surface area contributed by atoms with Gasteiger partial charge in [-0.25, -0.2) is 0 Å². The minimum absolute atomic E-state index is 0.908. The highest BCUT2D eigenvalue weighted by molar-refractivity contribution is 4.86. The molecule has 2 aliphatic rings. The van der Waals surface area contributed by atoms with Crippen LogP contribution >= 0.6 is 0 Å². The predicted molar refractivity (Wildman–Crippen MR) is 140 cm³/mol. The minimum Gasteiger partial charge on any atom is -0.0683 e. The van der Waals surface area contributed by atoms with Crippen LogP contribution in [0.1, 0.15) is 136 Å². The third-order valence-electron chi connectivity index (χ3n) is 8.12. The Labute approximate surface area is 189 Å².